The minimum atomic E-state index is -0.589. The summed E-state index contributed by atoms with van der Waals surface area (Å²) in [6, 6.07) is 5.87. The zero-order chi connectivity index (χ0) is 20.7. The number of benzene rings is 1. The highest BCUT2D eigenvalue weighted by Gasteiger charge is 2.44. The van der Waals surface area contributed by atoms with Gasteiger partial charge >= 0.3 is 0 Å². The third kappa shape index (κ3) is 4.16. The first-order valence-electron chi connectivity index (χ1n) is 10.2. The zero-order valence-electron chi connectivity index (χ0n) is 17.0. The Morgan fingerprint density at radius 2 is 1.90 bits per heavy atom. The normalized spacial score (nSPS) is 26.6. The summed E-state index contributed by atoms with van der Waals surface area (Å²) < 4.78 is 19.0. The molecule has 1 aliphatic carbocycles. The lowest BCUT2D eigenvalue weighted by atomic mass is 9.78. The number of aryl methyl sites for hydroxylation is 1. The van der Waals surface area contributed by atoms with Crippen LogP contribution in [0, 0.1) is 24.6 Å². The predicted octanol–water partition coefficient (Wildman–Crippen LogP) is 4.00. The quantitative estimate of drug-likeness (QED) is 0.815. The number of thiazole rings is 1. The molecule has 2 fully saturated rings. The van der Waals surface area contributed by atoms with Gasteiger partial charge in [-0.15, -0.1) is 11.3 Å². The van der Waals surface area contributed by atoms with E-state index in [1.165, 1.54) is 23.5 Å². The molecule has 2 aliphatic rings. The molecule has 0 unspecified atom stereocenters. The summed E-state index contributed by atoms with van der Waals surface area (Å²) in [4.78, 5) is 20.3. The molecule has 1 amide bonds. The average molecular weight is 419 g/mol. The van der Waals surface area contributed by atoms with E-state index < -0.39 is 6.10 Å². The van der Waals surface area contributed by atoms with E-state index in [1.54, 1.807) is 12.1 Å². The SMILES string of the molecule is Cc1nc(C(C)C)sc1C(=O)N1C[C@H]2C[C@@H](Oc3ccc(F)cc3)[C@H](O)C[C@H]2C1. The number of carbonyl (C=O) groups excluding carboxylic acids is 1. The maximum absolute atomic E-state index is 13.1. The van der Waals surface area contributed by atoms with Crippen LogP contribution >= 0.6 is 11.3 Å². The van der Waals surface area contributed by atoms with Crippen LogP contribution in [0.5, 0.6) is 5.75 Å². The molecule has 1 saturated heterocycles. The number of hydrogen-bond donors (Lipinski definition) is 1. The third-order valence-electron chi connectivity index (χ3n) is 5.97. The van der Waals surface area contributed by atoms with E-state index >= 15 is 0 Å². The lowest BCUT2D eigenvalue weighted by molar-refractivity contribution is -0.0231. The first-order chi connectivity index (χ1) is 13.8. The van der Waals surface area contributed by atoms with Crippen LogP contribution in [0.4, 0.5) is 4.39 Å². The molecular weight excluding hydrogens is 391 g/mol. The van der Waals surface area contributed by atoms with Crippen LogP contribution in [0.3, 0.4) is 0 Å². The van der Waals surface area contributed by atoms with Crippen molar-refractivity contribution in [2.45, 2.75) is 51.7 Å². The van der Waals surface area contributed by atoms with Gasteiger partial charge in [0.1, 0.15) is 22.5 Å². The minimum Gasteiger partial charge on any atom is -0.488 e. The van der Waals surface area contributed by atoms with Crippen molar-refractivity contribution in [3.63, 3.8) is 0 Å². The summed E-state index contributed by atoms with van der Waals surface area (Å²) in [7, 11) is 0. The molecule has 1 N–H and O–H groups in total. The molecule has 1 aromatic carbocycles. The van der Waals surface area contributed by atoms with Crippen molar-refractivity contribution < 1.29 is 19.0 Å². The average Bonchev–Trinajstić information content (AvgIpc) is 3.26. The number of nitrogens with zero attached hydrogens (tertiary/aromatic N) is 2. The molecule has 2 aromatic rings. The van der Waals surface area contributed by atoms with Gasteiger partial charge in [-0.05, 0) is 55.9 Å². The van der Waals surface area contributed by atoms with Crippen molar-refractivity contribution in [1.82, 2.24) is 9.88 Å². The zero-order valence-corrected chi connectivity index (χ0v) is 17.8. The van der Waals surface area contributed by atoms with Gasteiger partial charge in [-0.2, -0.15) is 0 Å². The van der Waals surface area contributed by atoms with Crippen LogP contribution in [0.2, 0.25) is 0 Å². The second-order valence-corrected chi connectivity index (χ2v) is 9.53. The van der Waals surface area contributed by atoms with Crippen molar-refractivity contribution in [1.29, 1.82) is 0 Å². The molecule has 29 heavy (non-hydrogen) atoms. The Balaban J connectivity index is 1.43. The first-order valence-corrected chi connectivity index (χ1v) is 11.0. The summed E-state index contributed by atoms with van der Waals surface area (Å²) in [5, 5.41) is 11.6. The number of carbonyl (C=O) groups is 1. The van der Waals surface area contributed by atoms with E-state index in [1.807, 2.05) is 11.8 Å². The monoisotopic (exact) mass is 418 g/mol. The number of aliphatic hydroxyl groups excluding tert-OH is 1. The van der Waals surface area contributed by atoms with Crippen molar-refractivity contribution in [2.24, 2.45) is 11.8 Å². The Bertz CT molecular complexity index is 883. The number of halogens is 1. The standard InChI is InChI=1S/C22H27FN2O3S/c1-12(2)21-24-13(3)20(29-21)22(27)25-10-14-8-18(26)19(9-15(14)11-25)28-17-6-4-16(23)5-7-17/h4-7,12,14-15,18-19,26H,8-11H2,1-3H3/t14-,15+,18+,19+/m0/s1. The molecule has 0 bridgehead atoms. The van der Waals surface area contributed by atoms with E-state index in [-0.39, 0.29) is 23.7 Å². The van der Waals surface area contributed by atoms with Gasteiger partial charge in [-0.1, -0.05) is 13.8 Å². The lowest BCUT2D eigenvalue weighted by Gasteiger charge is -2.35. The summed E-state index contributed by atoms with van der Waals surface area (Å²) in [6.07, 6.45) is 0.369. The smallest absolute Gasteiger partial charge is 0.265 e. The van der Waals surface area contributed by atoms with Gasteiger partial charge in [-0.25, -0.2) is 9.37 Å². The number of hydrogen-bond acceptors (Lipinski definition) is 5. The highest BCUT2D eigenvalue weighted by atomic mass is 32.1. The fraction of sp³-hybridized carbons (Fsp3) is 0.545. The van der Waals surface area contributed by atoms with Gasteiger partial charge in [0.05, 0.1) is 16.8 Å². The summed E-state index contributed by atoms with van der Waals surface area (Å²) in [6.45, 7) is 7.40. The highest BCUT2D eigenvalue weighted by Crippen LogP contribution is 2.39. The molecular formula is C22H27FN2O3S. The maximum Gasteiger partial charge on any atom is 0.265 e. The van der Waals surface area contributed by atoms with Crippen LogP contribution in [0.15, 0.2) is 24.3 Å². The largest absolute Gasteiger partial charge is 0.488 e. The van der Waals surface area contributed by atoms with Crippen molar-refractivity contribution in [3.8, 4) is 5.75 Å². The summed E-state index contributed by atoms with van der Waals surface area (Å²) in [5.74, 6) is 1.17. The van der Waals surface area contributed by atoms with Crippen molar-refractivity contribution >= 4 is 17.2 Å². The Labute approximate surface area is 174 Å². The molecule has 156 valence electrons. The molecule has 1 saturated carbocycles. The second-order valence-electron chi connectivity index (χ2n) is 8.50. The van der Waals surface area contributed by atoms with Crippen LogP contribution in [-0.4, -0.2) is 46.2 Å². The van der Waals surface area contributed by atoms with E-state index in [0.717, 1.165) is 15.6 Å². The van der Waals surface area contributed by atoms with E-state index in [9.17, 15) is 14.3 Å². The number of aromatic nitrogens is 1. The molecule has 4 atom stereocenters. The van der Waals surface area contributed by atoms with E-state index in [4.69, 9.17) is 4.74 Å². The van der Waals surface area contributed by atoms with Gasteiger partial charge in [0, 0.05) is 19.0 Å². The molecule has 0 spiro atoms. The number of rotatable bonds is 4. The Kier molecular flexibility index (Phi) is 5.62. The van der Waals surface area contributed by atoms with Crippen molar-refractivity contribution in [3.05, 3.63) is 45.7 Å². The molecule has 1 aliphatic heterocycles. The van der Waals surface area contributed by atoms with E-state index in [0.29, 0.717) is 43.5 Å². The maximum atomic E-state index is 13.1. The molecule has 5 nitrogen and oxygen atoms in total. The second kappa shape index (κ2) is 8.03. The number of amides is 1. The Hall–Kier alpha value is -1.99. The van der Waals surface area contributed by atoms with Gasteiger partial charge in [0.25, 0.3) is 5.91 Å². The molecule has 7 heteroatoms. The lowest BCUT2D eigenvalue weighted by Crippen LogP contribution is -2.42. The van der Waals surface area contributed by atoms with Crippen LogP contribution < -0.4 is 4.74 Å². The number of aliphatic hydroxyl groups is 1. The van der Waals surface area contributed by atoms with E-state index in [2.05, 4.69) is 18.8 Å². The summed E-state index contributed by atoms with van der Waals surface area (Å²) in [5.41, 5.74) is 0.802. The number of ether oxygens (including phenoxy) is 1. The fourth-order valence-corrected chi connectivity index (χ4v) is 5.41. The van der Waals surface area contributed by atoms with Crippen LogP contribution in [-0.2, 0) is 0 Å². The number of fused-ring (bicyclic) bond motifs is 1. The Morgan fingerprint density at radius 1 is 1.24 bits per heavy atom. The topological polar surface area (TPSA) is 62.7 Å². The fourth-order valence-electron chi connectivity index (χ4n) is 4.38. The van der Waals surface area contributed by atoms with Gasteiger partial charge in [0.2, 0.25) is 0 Å². The minimum absolute atomic E-state index is 0.0480. The van der Waals surface area contributed by atoms with Crippen LogP contribution in [0.1, 0.15) is 53.0 Å². The van der Waals surface area contributed by atoms with Crippen molar-refractivity contribution in [2.75, 3.05) is 13.1 Å². The first kappa shape index (κ1) is 20.3. The molecule has 2 heterocycles. The highest BCUT2D eigenvalue weighted by molar-refractivity contribution is 7.13. The molecule has 4 rings (SSSR count). The van der Waals surface area contributed by atoms with Gasteiger partial charge in [-0.3, -0.25) is 4.79 Å². The molecule has 0 radical (unpaired) electrons. The van der Waals surface area contributed by atoms with Gasteiger partial charge in [0.15, 0.2) is 0 Å². The predicted molar refractivity (Wildman–Crippen MR) is 110 cm³/mol. The molecule has 1 aromatic heterocycles. The Morgan fingerprint density at radius 3 is 2.52 bits per heavy atom. The number of likely N-dealkylation sites (tertiary alicyclic amines) is 1. The third-order valence-corrected chi connectivity index (χ3v) is 7.42. The van der Waals surface area contributed by atoms with Crippen LogP contribution in [0.25, 0.3) is 0 Å². The van der Waals surface area contributed by atoms with Gasteiger partial charge < -0.3 is 14.7 Å². The summed E-state index contributed by atoms with van der Waals surface area (Å²) >= 11 is 1.49.